The summed E-state index contributed by atoms with van der Waals surface area (Å²) < 4.78 is 0. The summed E-state index contributed by atoms with van der Waals surface area (Å²) in [7, 11) is 0. The van der Waals surface area contributed by atoms with Crippen LogP contribution in [0, 0.1) is 11.3 Å². The van der Waals surface area contributed by atoms with Crippen molar-refractivity contribution in [3.63, 3.8) is 0 Å². The number of aliphatic hydroxyl groups excluding tert-OH is 2. The van der Waals surface area contributed by atoms with Gasteiger partial charge in [-0.3, -0.25) is 4.79 Å². The molecule has 6 heteroatoms. The highest BCUT2D eigenvalue weighted by Gasteiger charge is 2.12. The van der Waals surface area contributed by atoms with Gasteiger partial charge in [0, 0.05) is 11.4 Å². The van der Waals surface area contributed by atoms with Crippen LogP contribution >= 0.6 is 11.8 Å². The number of thioether (sulfide) groups is 1. The van der Waals surface area contributed by atoms with Crippen molar-refractivity contribution in [3.05, 3.63) is 29.8 Å². The lowest BCUT2D eigenvalue weighted by Crippen LogP contribution is -2.34. The Morgan fingerprint density at radius 3 is 2.89 bits per heavy atom. The molecule has 18 heavy (non-hydrogen) atoms. The standard InChI is InChI=1S/C12H14N2O3S/c13-5-6-18-11-4-2-1-3-10(11)12(17)14-7-9(16)8-15/h1-4,9,15-16H,6-8H2,(H,14,17). The molecule has 0 aliphatic rings. The van der Waals surface area contributed by atoms with Crippen LogP contribution in [0.2, 0.25) is 0 Å². The quantitative estimate of drug-likeness (QED) is 0.647. The number of rotatable bonds is 6. The van der Waals surface area contributed by atoms with E-state index in [2.05, 4.69) is 5.32 Å². The Hall–Kier alpha value is -1.55. The predicted molar refractivity (Wildman–Crippen MR) is 68.2 cm³/mol. The van der Waals surface area contributed by atoms with E-state index in [0.29, 0.717) is 5.56 Å². The molecule has 0 bridgehead atoms. The molecule has 0 spiro atoms. The van der Waals surface area contributed by atoms with Crippen LogP contribution in [0.3, 0.4) is 0 Å². The van der Waals surface area contributed by atoms with Crippen molar-refractivity contribution in [2.45, 2.75) is 11.0 Å². The van der Waals surface area contributed by atoms with Gasteiger partial charge in [0.2, 0.25) is 0 Å². The second kappa shape index (κ2) is 7.71. The maximum Gasteiger partial charge on any atom is 0.252 e. The van der Waals surface area contributed by atoms with Crippen molar-refractivity contribution in [2.24, 2.45) is 0 Å². The van der Waals surface area contributed by atoms with Crippen LogP contribution in [0.25, 0.3) is 0 Å². The van der Waals surface area contributed by atoms with E-state index in [9.17, 15) is 4.79 Å². The van der Waals surface area contributed by atoms with E-state index >= 15 is 0 Å². The number of hydrogen-bond acceptors (Lipinski definition) is 5. The van der Waals surface area contributed by atoms with E-state index in [4.69, 9.17) is 15.5 Å². The van der Waals surface area contributed by atoms with Crippen LogP contribution in [0.1, 0.15) is 10.4 Å². The third kappa shape index (κ3) is 4.37. The fourth-order valence-electron chi connectivity index (χ4n) is 1.26. The zero-order valence-electron chi connectivity index (χ0n) is 9.67. The molecule has 1 amide bonds. The topological polar surface area (TPSA) is 93.4 Å². The lowest BCUT2D eigenvalue weighted by molar-refractivity contribution is 0.0800. The molecule has 0 aromatic heterocycles. The fourth-order valence-corrected chi connectivity index (χ4v) is 1.97. The number of nitrogens with zero attached hydrogens (tertiary/aromatic N) is 1. The molecule has 1 unspecified atom stereocenters. The molecule has 0 aliphatic carbocycles. The number of nitriles is 1. The van der Waals surface area contributed by atoms with Gasteiger partial charge in [-0.15, -0.1) is 11.8 Å². The van der Waals surface area contributed by atoms with Crippen molar-refractivity contribution in [3.8, 4) is 6.07 Å². The molecule has 0 radical (unpaired) electrons. The van der Waals surface area contributed by atoms with E-state index in [-0.39, 0.29) is 18.2 Å². The van der Waals surface area contributed by atoms with Crippen molar-refractivity contribution in [1.29, 1.82) is 5.26 Å². The van der Waals surface area contributed by atoms with Gasteiger partial charge in [-0.25, -0.2) is 0 Å². The van der Waals surface area contributed by atoms with Crippen molar-refractivity contribution in [1.82, 2.24) is 5.32 Å². The zero-order chi connectivity index (χ0) is 13.4. The predicted octanol–water partition coefficient (Wildman–Crippen LogP) is 0.385. The molecular formula is C12H14N2O3S. The number of carbonyl (C=O) groups is 1. The lowest BCUT2D eigenvalue weighted by atomic mass is 10.2. The van der Waals surface area contributed by atoms with Crippen molar-refractivity contribution < 1.29 is 15.0 Å². The molecule has 1 atom stereocenters. The number of amides is 1. The number of hydrogen-bond donors (Lipinski definition) is 3. The summed E-state index contributed by atoms with van der Waals surface area (Å²) >= 11 is 1.28. The first-order chi connectivity index (χ1) is 8.69. The van der Waals surface area contributed by atoms with Gasteiger partial charge in [0.25, 0.3) is 5.91 Å². The first kappa shape index (κ1) is 14.5. The highest BCUT2D eigenvalue weighted by Crippen LogP contribution is 2.21. The minimum atomic E-state index is -0.965. The smallest absolute Gasteiger partial charge is 0.252 e. The van der Waals surface area contributed by atoms with Crippen LogP contribution in [0.5, 0.6) is 0 Å². The molecule has 1 aromatic rings. The van der Waals surface area contributed by atoms with Crippen molar-refractivity contribution in [2.75, 3.05) is 18.9 Å². The highest BCUT2D eigenvalue weighted by atomic mass is 32.2. The average Bonchev–Trinajstić information content (AvgIpc) is 2.42. The third-order valence-corrected chi connectivity index (χ3v) is 3.07. The molecular weight excluding hydrogens is 252 g/mol. The van der Waals surface area contributed by atoms with E-state index in [1.165, 1.54) is 11.8 Å². The van der Waals surface area contributed by atoms with Crippen LogP contribution in [-0.2, 0) is 0 Å². The van der Waals surface area contributed by atoms with Gasteiger partial charge in [0.1, 0.15) is 0 Å². The number of nitrogens with one attached hydrogen (secondary N) is 1. The SMILES string of the molecule is N#CCSc1ccccc1C(=O)NCC(O)CO. The normalized spacial score (nSPS) is 11.6. The summed E-state index contributed by atoms with van der Waals surface area (Å²) in [4.78, 5) is 12.6. The van der Waals surface area contributed by atoms with Crippen LogP contribution in [0.15, 0.2) is 29.2 Å². The van der Waals surface area contributed by atoms with Gasteiger partial charge in [0.05, 0.1) is 30.1 Å². The Labute approximate surface area is 109 Å². The first-order valence-corrected chi connectivity index (χ1v) is 6.33. The average molecular weight is 266 g/mol. The van der Waals surface area contributed by atoms with Crippen LogP contribution < -0.4 is 5.32 Å². The summed E-state index contributed by atoms with van der Waals surface area (Å²) in [5.41, 5.74) is 0.461. The first-order valence-electron chi connectivity index (χ1n) is 5.35. The second-order valence-electron chi connectivity index (χ2n) is 3.49. The molecule has 96 valence electrons. The Balaban J connectivity index is 2.70. The Kier molecular flexibility index (Phi) is 6.22. The minimum Gasteiger partial charge on any atom is -0.394 e. The maximum absolute atomic E-state index is 11.8. The van der Waals surface area contributed by atoms with Gasteiger partial charge in [-0.2, -0.15) is 5.26 Å². The number of aliphatic hydroxyl groups is 2. The van der Waals surface area contributed by atoms with Crippen LogP contribution in [0.4, 0.5) is 0 Å². The van der Waals surface area contributed by atoms with Gasteiger partial charge in [-0.05, 0) is 12.1 Å². The zero-order valence-corrected chi connectivity index (χ0v) is 10.5. The molecule has 3 N–H and O–H groups in total. The number of benzene rings is 1. The fraction of sp³-hybridized carbons (Fsp3) is 0.333. The second-order valence-corrected chi connectivity index (χ2v) is 4.51. The van der Waals surface area contributed by atoms with Gasteiger partial charge < -0.3 is 15.5 Å². The molecule has 0 saturated heterocycles. The van der Waals surface area contributed by atoms with Gasteiger partial charge >= 0.3 is 0 Å². The molecule has 1 aromatic carbocycles. The monoisotopic (exact) mass is 266 g/mol. The molecule has 5 nitrogen and oxygen atoms in total. The van der Waals surface area contributed by atoms with Gasteiger partial charge in [0.15, 0.2) is 0 Å². The summed E-state index contributed by atoms with van der Waals surface area (Å²) in [5.74, 6) is -0.0626. The summed E-state index contributed by atoms with van der Waals surface area (Å²) in [6.07, 6.45) is -0.965. The van der Waals surface area contributed by atoms with Crippen LogP contribution in [-0.4, -0.2) is 41.1 Å². The Bertz CT molecular complexity index is 445. The molecule has 1 rings (SSSR count). The highest BCUT2D eigenvalue weighted by molar-refractivity contribution is 7.99. The summed E-state index contributed by atoms with van der Waals surface area (Å²) in [5, 5.41) is 28.9. The largest absolute Gasteiger partial charge is 0.394 e. The Morgan fingerprint density at radius 1 is 1.50 bits per heavy atom. The van der Waals surface area contributed by atoms with Gasteiger partial charge in [-0.1, -0.05) is 12.1 Å². The van der Waals surface area contributed by atoms with E-state index in [0.717, 1.165) is 4.90 Å². The summed E-state index contributed by atoms with van der Waals surface area (Å²) in [6, 6.07) is 8.94. The minimum absolute atomic E-state index is 0.00736. The molecule has 0 aliphatic heterocycles. The number of carbonyl (C=O) groups excluding carboxylic acids is 1. The molecule has 0 heterocycles. The maximum atomic E-state index is 11.8. The van der Waals surface area contributed by atoms with E-state index < -0.39 is 12.7 Å². The van der Waals surface area contributed by atoms with E-state index in [1.807, 2.05) is 6.07 Å². The van der Waals surface area contributed by atoms with Crippen molar-refractivity contribution >= 4 is 17.7 Å². The Morgan fingerprint density at radius 2 is 2.22 bits per heavy atom. The third-order valence-electron chi connectivity index (χ3n) is 2.13. The lowest BCUT2D eigenvalue weighted by Gasteiger charge is -2.11. The summed E-state index contributed by atoms with van der Waals surface area (Å²) in [6.45, 7) is -0.405. The molecule has 0 saturated carbocycles. The van der Waals surface area contributed by atoms with E-state index in [1.54, 1.807) is 24.3 Å². The molecule has 0 fully saturated rings.